The molecule has 1 heterocycles. The molecule has 3 nitrogen and oxygen atoms in total. The van der Waals surface area contributed by atoms with Crippen molar-refractivity contribution in [2.24, 2.45) is 5.92 Å². The van der Waals surface area contributed by atoms with E-state index in [0.717, 1.165) is 5.56 Å². The summed E-state index contributed by atoms with van der Waals surface area (Å²) >= 11 is 0. The fourth-order valence-electron chi connectivity index (χ4n) is 3.05. The van der Waals surface area contributed by atoms with Gasteiger partial charge in [0.15, 0.2) is 0 Å². The predicted molar refractivity (Wildman–Crippen MR) is 82.9 cm³/mol. The van der Waals surface area contributed by atoms with Gasteiger partial charge in [-0.15, -0.1) is 0 Å². The maximum atomic E-state index is 14.8. The maximum Gasteiger partial charge on any atom is 0.356 e. The van der Waals surface area contributed by atoms with Crippen LogP contribution in [0.2, 0.25) is 0 Å². The summed E-state index contributed by atoms with van der Waals surface area (Å²) in [4.78, 5) is 14.3. The van der Waals surface area contributed by atoms with E-state index in [9.17, 15) is 18.1 Å². The van der Waals surface area contributed by atoms with Crippen molar-refractivity contribution in [2.75, 3.05) is 6.54 Å². The zero-order valence-electron chi connectivity index (χ0n) is 12.7. The van der Waals surface area contributed by atoms with Gasteiger partial charge in [0.25, 0.3) is 0 Å². The van der Waals surface area contributed by atoms with Crippen LogP contribution in [0, 0.1) is 11.7 Å². The van der Waals surface area contributed by atoms with Crippen molar-refractivity contribution in [1.29, 1.82) is 0 Å². The lowest BCUT2D eigenvalue weighted by molar-refractivity contribution is -0.190. The van der Waals surface area contributed by atoms with Gasteiger partial charge >= 0.3 is 5.97 Å². The largest absolute Gasteiger partial charge is 0.356 e. The lowest BCUT2D eigenvalue weighted by Gasteiger charge is -2.16. The molecule has 6 heteroatoms. The first-order chi connectivity index (χ1) is 11.6. The summed E-state index contributed by atoms with van der Waals surface area (Å²) in [7, 11) is 0. The molecule has 0 amide bonds. The second-order valence-corrected chi connectivity index (χ2v) is 5.81. The fraction of sp³-hybridized carbons (Fsp3) is 0.278. The van der Waals surface area contributed by atoms with Crippen LogP contribution >= 0.6 is 0 Å². The lowest BCUT2D eigenvalue weighted by Crippen LogP contribution is -2.32. The highest BCUT2D eigenvalue weighted by atomic mass is 19.3. The molecular formula is C18H16F3NO2. The Morgan fingerprint density at radius 1 is 1.17 bits per heavy atom. The Hall–Kier alpha value is -2.34. The van der Waals surface area contributed by atoms with Gasteiger partial charge < -0.3 is 5.32 Å². The van der Waals surface area contributed by atoms with Gasteiger partial charge in [-0.2, -0.15) is 0 Å². The molecule has 2 aromatic carbocycles. The van der Waals surface area contributed by atoms with Crippen molar-refractivity contribution in [3.05, 3.63) is 59.9 Å². The first-order valence-corrected chi connectivity index (χ1v) is 7.64. The highest BCUT2D eigenvalue weighted by Gasteiger charge is 2.42. The van der Waals surface area contributed by atoms with E-state index in [2.05, 4.69) is 10.3 Å². The maximum absolute atomic E-state index is 14.8. The molecular weight excluding hydrogens is 319 g/mol. The molecule has 0 saturated carbocycles. The third-order valence-corrected chi connectivity index (χ3v) is 4.35. The van der Waals surface area contributed by atoms with E-state index in [1.807, 2.05) is 18.2 Å². The van der Waals surface area contributed by atoms with E-state index in [-0.39, 0.29) is 13.0 Å². The zero-order valence-corrected chi connectivity index (χ0v) is 12.7. The molecule has 0 bridgehead atoms. The number of hydrogen-bond donors (Lipinski definition) is 1. The second-order valence-electron chi connectivity index (χ2n) is 5.81. The topological polar surface area (TPSA) is 38.3 Å². The van der Waals surface area contributed by atoms with Gasteiger partial charge in [-0.05, 0) is 17.5 Å². The minimum absolute atomic E-state index is 0.0332. The lowest BCUT2D eigenvalue weighted by atomic mass is 9.95. The van der Waals surface area contributed by atoms with E-state index in [4.69, 9.17) is 0 Å². The normalized spacial score (nSPS) is 23.2. The summed E-state index contributed by atoms with van der Waals surface area (Å²) in [6.07, 6.45) is -1.57. The van der Waals surface area contributed by atoms with E-state index in [1.165, 1.54) is 0 Å². The third-order valence-electron chi connectivity index (χ3n) is 4.35. The SMILES string of the molecule is O=C(OF)C1CNC(Cc2cccc(-c3ccccc3)c2F)C1F. The smallest absolute Gasteiger partial charge is 0.310 e. The quantitative estimate of drug-likeness (QED) is 0.931. The molecule has 3 rings (SSSR count). The van der Waals surface area contributed by atoms with Crippen LogP contribution in [0.3, 0.4) is 0 Å². The van der Waals surface area contributed by atoms with Crippen molar-refractivity contribution < 1.29 is 23.0 Å². The average molecular weight is 335 g/mol. The number of hydrogen-bond acceptors (Lipinski definition) is 3. The van der Waals surface area contributed by atoms with Crippen LogP contribution < -0.4 is 5.32 Å². The van der Waals surface area contributed by atoms with Crippen molar-refractivity contribution in [3.63, 3.8) is 0 Å². The average Bonchev–Trinajstić information content (AvgIpc) is 2.97. The Kier molecular flexibility index (Phi) is 4.85. The van der Waals surface area contributed by atoms with E-state index < -0.39 is 29.9 Å². The predicted octanol–water partition coefficient (Wildman–Crippen LogP) is 3.39. The van der Waals surface area contributed by atoms with Crippen LogP contribution in [0.1, 0.15) is 5.56 Å². The summed E-state index contributed by atoms with van der Waals surface area (Å²) < 4.78 is 41.0. The monoisotopic (exact) mass is 335 g/mol. The van der Waals surface area contributed by atoms with Crippen LogP contribution in [0.5, 0.6) is 0 Å². The van der Waals surface area contributed by atoms with Crippen molar-refractivity contribution in [3.8, 4) is 11.1 Å². The molecule has 1 fully saturated rings. The van der Waals surface area contributed by atoms with Gasteiger partial charge in [0.1, 0.15) is 17.9 Å². The molecule has 1 aliphatic heterocycles. The molecule has 0 aliphatic carbocycles. The number of nitrogens with one attached hydrogen (secondary N) is 1. The number of halogens is 3. The van der Waals surface area contributed by atoms with Gasteiger partial charge in [0.2, 0.25) is 0 Å². The van der Waals surface area contributed by atoms with Gasteiger partial charge in [-0.1, -0.05) is 48.5 Å². The standard InChI is InChI=1S/C18H16F3NO2/c19-16-12(7-4-8-13(16)11-5-2-1-3-6-11)9-15-17(20)14(10-22-15)18(23)24-21/h1-8,14-15,17,22H,9-10H2. The van der Waals surface area contributed by atoms with Crippen LogP contribution in [0.4, 0.5) is 13.3 Å². The summed E-state index contributed by atoms with van der Waals surface area (Å²) in [6, 6.07) is 13.2. The Labute approximate surface area is 137 Å². The molecule has 1 aliphatic rings. The van der Waals surface area contributed by atoms with E-state index in [1.54, 1.807) is 30.3 Å². The van der Waals surface area contributed by atoms with Gasteiger partial charge in [-0.3, -0.25) is 4.94 Å². The third kappa shape index (κ3) is 3.14. The number of rotatable bonds is 4. The number of carbonyl (C=O) groups excluding carboxylic acids is 1. The molecule has 3 unspecified atom stereocenters. The van der Waals surface area contributed by atoms with Gasteiger partial charge in [0.05, 0.1) is 0 Å². The number of alkyl halides is 1. The Bertz CT molecular complexity index is 723. The van der Waals surface area contributed by atoms with Crippen LogP contribution in [0.25, 0.3) is 11.1 Å². The van der Waals surface area contributed by atoms with E-state index in [0.29, 0.717) is 11.1 Å². The minimum atomic E-state index is -1.63. The zero-order chi connectivity index (χ0) is 17.1. The van der Waals surface area contributed by atoms with Crippen molar-refractivity contribution >= 4 is 5.97 Å². The molecule has 1 saturated heterocycles. The highest BCUT2D eigenvalue weighted by Crippen LogP contribution is 2.28. The number of benzene rings is 2. The molecule has 3 atom stereocenters. The highest BCUT2D eigenvalue weighted by molar-refractivity contribution is 5.73. The summed E-state index contributed by atoms with van der Waals surface area (Å²) in [5.74, 6) is -2.87. The van der Waals surface area contributed by atoms with Gasteiger partial charge in [-0.25, -0.2) is 13.6 Å². The second kappa shape index (κ2) is 7.05. The summed E-state index contributed by atoms with van der Waals surface area (Å²) in [5, 5.41) is 2.80. The molecule has 0 spiro atoms. The van der Waals surface area contributed by atoms with E-state index >= 15 is 0 Å². The number of carbonyl (C=O) groups is 1. The molecule has 126 valence electrons. The van der Waals surface area contributed by atoms with Gasteiger partial charge in [0, 0.05) is 22.7 Å². The van der Waals surface area contributed by atoms with Crippen molar-refractivity contribution in [2.45, 2.75) is 18.6 Å². The Morgan fingerprint density at radius 2 is 1.92 bits per heavy atom. The first kappa shape index (κ1) is 16.5. The fourth-order valence-corrected chi connectivity index (χ4v) is 3.05. The Morgan fingerprint density at radius 3 is 2.62 bits per heavy atom. The Balaban J connectivity index is 1.81. The van der Waals surface area contributed by atoms with Crippen molar-refractivity contribution in [1.82, 2.24) is 5.32 Å². The molecule has 1 N–H and O–H groups in total. The van der Waals surface area contributed by atoms with Crippen LogP contribution in [0.15, 0.2) is 48.5 Å². The van der Waals surface area contributed by atoms with Crippen LogP contribution in [-0.2, 0) is 16.2 Å². The van der Waals surface area contributed by atoms with Crippen LogP contribution in [-0.4, -0.2) is 24.7 Å². The minimum Gasteiger partial charge on any atom is -0.310 e. The molecule has 0 aromatic heterocycles. The summed E-state index contributed by atoms with van der Waals surface area (Å²) in [6.45, 7) is -0.0332. The first-order valence-electron chi connectivity index (χ1n) is 7.64. The molecule has 2 aromatic rings. The molecule has 0 radical (unpaired) electrons. The summed E-state index contributed by atoms with van der Waals surface area (Å²) in [5.41, 5.74) is 1.50. The molecule has 24 heavy (non-hydrogen) atoms.